The van der Waals surface area contributed by atoms with Crippen molar-refractivity contribution in [3.63, 3.8) is 0 Å². The van der Waals surface area contributed by atoms with Gasteiger partial charge in [0.1, 0.15) is 5.75 Å². The average Bonchev–Trinajstić information content (AvgIpc) is 2.74. The van der Waals surface area contributed by atoms with E-state index in [0.29, 0.717) is 29.4 Å². The van der Waals surface area contributed by atoms with Gasteiger partial charge in [-0.15, -0.1) is 0 Å². The van der Waals surface area contributed by atoms with Crippen LogP contribution in [0.3, 0.4) is 0 Å². The van der Waals surface area contributed by atoms with Crippen LogP contribution in [0.15, 0.2) is 18.2 Å². The lowest BCUT2D eigenvalue weighted by Gasteiger charge is -2.52. The van der Waals surface area contributed by atoms with Crippen molar-refractivity contribution in [3.05, 3.63) is 29.3 Å². The first kappa shape index (κ1) is 13.6. The highest BCUT2D eigenvalue weighted by atomic mass is 16.3. The van der Waals surface area contributed by atoms with Crippen LogP contribution in [0.4, 0.5) is 0 Å². The van der Waals surface area contributed by atoms with Crippen LogP contribution < -0.4 is 0 Å². The normalized spacial score (nSPS) is 44.8. The molecule has 0 spiro atoms. The minimum atomic E-state index is -0.100. The Bertz CT molecular complexity index is 567. The molecule has 0 heterocycles. The first-order chi connectivity index (χ1) is 10.0. The third kappa shape index (κ3) is 1.81. The van der Waals surface area contributed by atoms with Crippen LogP contribution in [0.5, 0.6) is 5.75 Å². The number of fused-ring (bicyclic) bond motifs is 5. The van der Waals surface area contributed by atoms with Gasteiger partial charge in [0.25, 0.3) is 0 Å². The molecule has 0 saturated heterocycles. The fraction of sp³-hybridized carbons (Fsp3) is 0.684. The minimum absolute atomic E-state index is 0.100. The van der Waals surface area contributed by atoms with Crippen molar-refractivity contribution >= 4 is 0 Å². The Morgan fingerprint density at radius 2 is 2.00 bits per heavy atom. The number of phenols is 1. The van der Waals surface area contributed by atoms with Crippen LogP contribution in [0.1, 0.15) is 56.6 Å². The van der Waals surface area contributed by atoms with E-state index in [1.807, 2.05) is 12.1 Å². The molecule has 1 aromatic carbocycles. The summed E-state index contributed by atoms with van der Waals surface area (Å²) in [7, 11) is 0. The van der Waals surface area contributed by atoms with Crippen molar-refractivity contribution in [1.29, 1.82) is 0 Å². The molecule has 6 atom stereocenters. The van der Waals surface area contributed by atoms with Crippen LogP contribution in [-0.2, 0) is 6.42 Å². The summed E-state index contributed by atoms with van der Waals surface area (Å²) in [4.78, 5) is 0. The zero-order chi connectivity index (χ0) is 14.8. The molecule has 0 bridgehead atoms. The third-order valence-corrected chi connectivity index (χ3v) is 7.01. The molecule has 2 saturated carbocycles. The monoisotopic (exact) mass is 286 g/mol. The quantitative estimate of drug-likeness (QED) is 0.760. The van der Waals surface area contributed by atoms with Gasteiger partial charge in [-0.2, -0.15) is 0 Å². The van der Waals surface area contributed by atoms with Gasteiger partial charge in [-0.3, -0.25) is 0 Å². The Hall–Kier alpha value is -1.02. The summed E-state index contributed by atoms with van der Waals surface area (Å²) in [6.45, 7) is 4.70. The van der Waals surface area contributed by atoms with Crippen LogP contribution in [0.25, 0.3) is 0 Å². The summed E-state index contributed by atoms with van der Waals surface area (Å²) in [6.07, 6.45) is 5.49. The zero-order valence-electron chi connectivity index (χ0n) is 13.0. The number of hydrogen-bond donors (Lipinski definition) is 2. The Morgan fingerprint density at radius 1 is 1.19 bits per heavy atom. The van der Waals surface area contributed by atoms with E-state index in [2.05, 4.69) is 19.9 Å². The molecule has 1 aromatic rings. The van der Waals surface area contributed by atoms with Crippen molar-refractivity contribution in [2.45, 2.75) is 58.0 Å². The second-order valence-electron chi connectivity index (χ2n) is 7.99. The number of aliphatic hydroxyl groups excluding tert-OH is 1. The number of phenolic OH excluding ortho intramolecular Hbond substituents is 1. The molecule has 2 nitrogen and oxygen atoms in total. The highest BCUT2D eigenvalue weighted by Gasteiger charge is 2.55. The molecule has 2 N–H and O–H groups in total. The predicted molar refractivity (Wildman–Crippen MR) is 83.3 cm³/mol. The van der Waals surface area contributed by atoms with Crippen molar-refractivity contribution < 1.29 is 10.2 Å². The van der Waals surface area contributed by atoms with Gasteiger partial charge in [0.05, 0.1) is 6.10 Å². The maximum Gasteiger partial charge on any atom is 0.115 e. The average molecular weight is 286 g/mol. The first-order valence-corrected chi connectivity index (χ1v) is 8.50. The molecule has 0 aliphatic heterocycles. The lowest BCUT2D eigenvalue weighted by atomic mass is 9.53. The van der Waals surface area contributed by atoms with Gasteiger partial charge < -0.3 is 10.2 Å². The molecule has 1 unspecified atom stereocenters. The lowest BCUT2D eigenvalue weighted by molar-refractivity contribution is -0.0356. The van der Waals surface area contributed by atoms with Crippen molar-refractivity contribution in [1.82, 2.24) is 0 Å². The van der Waals surface area contributed by atoms with E-state index in [1.165, 1.54) is 24.0 Å². The van der Waals surface area contributed by atoms with Gasteiger partial charge >= 0.3 is 0 Å². The second kappa shape index (κ2) is 4.49. The summed E-state index contributed by atoms with van der Waals surface area (Å²) in [5.74, 6) is 3.06. The van der Waals surface area contributed by atoms with Gasteiger partial charge in [-0.1, -0.05) is 19.9 Å². The first-order valence-electron chi connectivity index (χ1n) is 8.50. The Morgan fingerprint density at radius 3 is 2.81 bits per heavy atom. The number of aromatic hydroxyl groups is 1. The molecule has 3 aliphatic rings. The highest BCUT2D eigenvalue weighted by molar-refractivity contribution is 5.40. The Labute approximate surface area is 127 Å². The van der Waals surface area contributed by atoms with Crippen molar-refractivity contribution in [2.24, 2.45) is 23.2 Å². The van der Waals surface area contributed by atoms with E-state index < -0.39 is 0 Å². The Balaban J connectivity index is 1.76. The number of hydrogen-bond acceptors (Lipinski definition) is 2. The van der Waals surface area contributed by atoms with Crippen LogP contribution >= 0.6 is 0 Å². The maximum atomic E-state index is 10.5. The smallest absolute Gasteiger partial charge is 0.115 e. The van der Waals surface area contributed by atoms with Gasteiger partial charge in [-0.25, -0.2) is 0 Å². The molecular weight excluding hydrogens is 260 g/mol. The summed E-state index contributed by atoms with van der Waals surface area (Å²) >= 11 is 0. The lowest BCUT2D eigenvalue weighted by Crippen LogP contribution is -2.46. The molecular formula is C19H26O2. The van der Waals surface area contributed by atoms with Gasteiger partial charge in [0.15, 0.2) is 0 Å². The van der Waals surface area contributed by atoms with E-state index in [0.717, 1.165) is 19.3 Å². The van der Waals surface area contributed by atoms with Gasteiger partial charge in [0, 0.05) is 0 Å². The van der Waals surface area contributed by atoms with Crippen LogP contribution in [0.2, 0.25) is 0 Å². The number of rotatable bonds is 0. The summed E-state index contributed by atoms with van der Waals surface area (Å²) < 4.78 is 0. The van der Waals surface area contributed by atoms with Crippen molar-refractivity contribution in [3.8, 4) is 5.75 Å². The largest absolute Gasteiger partial charge is 0.508 e. The summed E-state index contributed by atoms with van der Waals surface area (Å²) in [5.41, 5.74) is 2.97. The standard InChI is InChI=1S/C19H26O2/c1-11-9-12-10-13(20)3-4-14(12)15-7-8-19(2)16(18(11)15)5-6-17(19)21/h3-4,10-11,15-18,20-21H,5-9H2,1-2H3/t11-,15-,16+,17?,18-,19+/m1/s1. The van der Waals surface area contributed by atoms with E-state index in [9.17, 15) is 10.2 Å². The summed E-state index contributed by atoms with van der Waals surface area (Å²) in [6, 6.07) is 5.98. The molecule has 0 aromatic heterocycles. The number of benzene rings is 1. The highest BCUT2D eigenvalue weighted by Crippen LogP contribution is 2.62. The zero-order valence-corrected chi connectivity index (χ0v) is 13.0. The minimum Gasteiger partial charge on any atom is -0.508 e. The van der Waals surface area contributed by atoms with Crippen LogP contribution in [0, 0.1) is 23.2 Å². The van der Waals surface area contributed by atoms with Crippen LogP contribution in [-0.4, -0.2) is 16.3 Å². The van der Waals surface area contributed by atoms with E-state index in [4.69, 9.17) is 0 Å². The van der Waals surface area contributed by atoms with E-state index >= 15 is 0 Å². The Kier molecular flexibility index (Phi) is 2.91. The van der Waals surface area contributed by atoms with E-state index in [1.54, 1.807) is 0 Å². The molecule has 0 amide bonds. The SMILES string of the molecule is C[C@@H]1Cc2cc(O)ccc2[C@H]2CC[C@]3(C)C(O)CC[C@H]3[C@H]12. The van der Waals surface area contributed by atoms with Crippen molar-refractivity contribution in [2.75, 3.05) is 0 Å². The topological polar surface area (TPSA) is 40.5 Å². The fourth-order valence-corrected chi connectivity index (χ4v) is 5.94. The number of aliphatic hydroxyl groups is 1. The van der Waals surface area contributed by atoms with Gasteiger partial charge in [-0.05, 0) is 84.5 Å². The molecule has 21 heavy (non-hydrogen) atoms. The maximum absolute atomic E-state index is 10.5. The molecule has 2 heteroatoms. The summed E-state index contributed by atoms with van der Waals surface area (Å²) in [5, 5.41) is 20.2. The molecule has 114 valence electrons. The van der Waals surface area contributed by atoms with Gasteiger partial charge in [0.2, 0.25) is 0 Å². The molecule has 0 radical (unpaired) electrons. The molecule has 3 aliphatic carbocycles. The van der Waals surface area contributed by atoms with E-state index in [-0.39, 0.29) is 11.5 Å². The molecule has 2 fully saturated rings. The predicted octanol–water partition coefficient (Wildman–Crippen LogP) is 3.86. The molecule has 4 rings (SSSR count). The second-order valence-corrected chi connectivity index (χ2v) is 7.99. The third-order valence-electron chi connectivity index (χ3n) is 7.01. The fourth-order valence-electron chi connectivity index (χ4n) is 5.94.